The van der Waals surface area contributed by atoms with Gasteiger partial charge in [0.25, 0.3) is 10.0 Å². The molecule has 0 aliphatic heterocycles. The predicted molar refractivity (Wildman–Crippen MR) is 102 cm³/mol. The van der Waals surface area contributed by atoms with Crippen LogP contribution in [0.3, 0.4) is 0 Å². The summed E-state index contributed by atoms with van der Waals surface area (Å²) in [5, 5.41) is 1.09. The molecule has 0 saturated heterocycles. The molecule has 0 saturated carbocycles. The van der Waals surface area contributed by atoms with Crippen LogP contribution >= 0.6 is 0 Å². The van der Waals surface area contributed by atoms with Crippen molar-refractivity contribution in [1.82, 2.24) is 3.97 Å². The fourth-order valence-corrected chi connectivity index (χ4v) is 5.50. The molecule has 0 atom stereocenters. The van der Waals surface area contributed by atoms with Gasteiger partial charge in [0.2, 0.25) is 0 Å². The summed E-state index contributed by atoms with van der Waals surface area (Å²) >= 11 is 0. The topological polar surface area (TPSA) is 39.1 Å². The standard InChI is InChI=1S/C21H23NO2S/c1-16-12-14-17(15-13-16)25(23,24)22-20-10-5-3-2-4-8-18(20)19-9-6-7-11-21(19)22/h6-7,9,11-15H,2-5,8,10H2,1H3. The van der Waals surface area contributed by atoms with Gasteiger partial charge in [-0.2, -0.15) is 0 Å². The lowest BCUT2D eigenvalue weighted by molar-refractivity contribution is 0.579. The van der Waals surface area contributed by atoms with Gasteiger partial charge in [-0.3, -0.25) is 0 Å². The lowest BCUT2D eigenvalue weighted by Crippen LogP contribution is -2.17. The molecule has 0 amide bonds. The molecule has 1 heterocycles. The van der Waals surface area contributed by atoms with Crippen molar-refractivity contribution in [2.45, 2.75) is 50.3 Å². The van der Waals surface area contributed by atoms with Gasteiger partial charge in [0.05, 0.1) is 10.4 Å². The average Bonchev–Trinajstić information content (AvgIpc) is 2.88. The maximum absolute atomic E-state index is 13.5. The minimum Gasteiger partial charge on any atom is -0.238 e. The Balaban J connectivity index is 2.00. The highest BCUT2D eigenvalue weighted by atomic mass is 32.2. The first kappa shape index (κ1) is 16.4. The zero-order valence-electron chi connectivity index (χ0n) is 14.5. The smallest absolute Gasteiger partial charge is 0.238 e. The highest BCUT2D eigenvalue weighted by molar-refractivity contribution is 7.90. The molecule has 0 N–H and O–H groups in total. The van der Waals surface area contributed by atoms with E-state index in [2.05, 4.69) is 6.07 Å². The van der Waals surface area contributed by atoms with E-state index in [4.69, 9.17) is 0 Å². The average molecular weight is 353 g/mol. The number of para-hydroxylation sites is 1. The van der Waals surface area contributed by atoms with Gasteiger partial charge in [0.1, 0.15) is 0 Å². The molecule has 1 aliphatic carbocycles. The Morgan fingerprint density at radius 1 is 0.840 bits per heavy atom. The van der Waals surface area contributed by atoms with Crippen molar-refractivity contribution in [1.29, 1.82) is 0 Å². The Morgan fingerprint density at radius 3 is 2.28 bits per heavy atom. The Morgan fingerprint density at radius 2 is 1.52 bits per heavy atom. The first-order valence-electron chi connectivity index (χ1n) is 9.02. The Bertz CT molecular complexity index is 1010. The molecule has 1 aromatic heterocycles. The second-order valence-electron chi connectivity index (χ2n) is 6.94. The molecule has 0 fully saturated rings. The summed E-state index contributed by atoms with van der Waals surface area (Å²) in [4.78, 5) is 0.365. The number of benzene rings is 2. The van der Waals surface area contributed by atoms with Crippen molar-refractivity contribution in [3.8, 4) is 0 Å². The molecule has 2 aromatic carbocycles. The quantitative estimate of drug-likeness (QED) is 0.661. The molecule has 4 heteroatoms. The molecule has 3 nitrogen and oxygen atoms in total. The second-order valence-corrected chi connectivity index (χ2v) is 8.73. The van der Waals surface area contributed by atoms with Crippen LogP contribution in [0.1, 0.15) is 42.5 Å². The van der Waals surface area contributed by atoms with Crippen LogP contribution in [-0.2, 0) is 22.9 Å². The zero-order valence-corrected chi connectivity index (χ0v) is 15.3. The molecule has 0 radical (unpaired) electrons. The summed E-state index contributed by atoms with van der Waals surface area (Å²) in [6, 6.07) is 15.1. The van der Waals surface area contributed by atoms with Crippen LogP contribution in [0.2, 0.25) is 0 Å². The molecule has 130 valence electrons. The van der Waals surface area contributed by atoms with Gasteiger partial charge in [-0.1, -0.05) is 48.7 Å². The van der Waals surface area contributed by atoms with E-state index in [0.717, 1.165) is 47.8 Å². The largest absolute Gasteiger partial charge is 0.268 e. The normalized spacial score (nSPS) is 15.6. The van der Waals surface area contributed by atoms with E-state index >= 15 is 0 Å². The van der Waals surface area contributed by atoms with Crippen molar-refractivity contribution in [3.63, 3.8) is 0 Å². The van der Waals surface area contributed by atoms with Crippen LogP contribution in [0, 0.1) is 6.92 Å². The van der Waals surface area contributed by atoms with E-state index in [1.165, 1.54) is 18.4 Å². The molecule has 4 rings (SSSR count). The van der Waals surface area contributed by atoms with Gasteiger partial charge in [-0.05, 0) is 56.4 Å². The van der Waals surface area contributed by atoms with Crippen LogP contribution in [0.25, 0.3) is 10.9 Å². The number of hydrogen-bond donors (Lipinski definition) is 0. The summed E-state index contributed by atoms with van der Waals surface area (Å²) in [7, 11) is -3.59. The minimum absolute atomic E-state index is 0.365. The van der Waals surface area contributed by atoms with Gasteiger partial charge in [-0.15, -0.1) is 0 Å². The van der Waals surface area contributed by atoms with E-state index in [-0.39, 0.29) is 0 Å². The van der Waals surface area contributed by atoms with Crippen LogP contribution in [0.4, 0.5) is 0 Å². The number of nitrogens with zero attached hydrogens (tertiary/aromatic N) is 1. The summed E-state index contributed by atoms with van der Waals surface area (Å²) in [6.45, 7) is 1.97. The summed E-state index contributed by atoms with van der Waals surface area (Å²) in [6.07, 6.45) is 6.37. The lowest BCUT2D eigenvalue weighted by atomic mass is 9.97. The Kier molecular flexibility index (Phi) is 4.16. The van der Waals surface area contributed by atoms with E-state index < -0.39 is 10.0 Å². The zero-order chi connectivity index (χ0) is 17.4. The molecular weight excluding hydrogens is 330 g/mol. The first-order chi connectivity index (χ1) is 12.1. The van der Waals surface area contributed by atoms with Crippen LogP contribution in [0.15, 0.2) is 53.4 Å². The van der Waals surface area contributed by atoms with Crippen molar-refractivity contribution in [2.75, 3.05) is 0 Å². The Hall–Kier alpha value is -2.07. The fourth-order valence-electron chi connectivity index (χ4n) is 3.90. The van der Waals surface area contributed by atoms with Gasteiger partial charge in [0.15, 0.2) is 0 Å². The molecule has 0 unspecified atom stereocenters. The molecule has 0 spiro atoms. The number of hydrogen-bond acceptors (Lipinski definition) is 2. The maximum Gasteiger partial charge on any atom is 0.268 e. The van der Waals surface area contributed by atoms with Crippen LogP contribution in [0.5, 0.6) is 0 Å². The number of aromatic nitrogens is 1. The second kappa shape index (κ2) is 6.34. The summed E-state index contributed by atoms with van der Waals surface area (Å²) < 4.78 is 28.5. The highest BCUT2D eigenvalue weighted by Crippen LogP contribution is 2.33. The summed E-state index contributed by atoms with van der Waals surface area (Å²) in [5.41, 5.74) is 4.09. The summed E-state index contributed by atoms with van der Waals surface area (Å²) in [5.74, 6) is 0. The van der Waals surface area contributed by atoms with Gasteiger partial charge in [0, 0.05) is 11.1 Å². The lowest BCUT2D eigenvalue weighted by Gasteiger charge is -2.15. The third-order valence-corrected chi connectivity index (χ3v) is 6.96. The molecule has 1 aliphatic rings. The van der Waals surface area contributed by atoms with Crippen LogP contribution in [-0.4, -0.2) is 12.4 Å². The SMILES string of the molecule is Cc1ccc(S(=O)(=O)n2c3c(c4ccccc42)CCCCCC3)cc1. The van der Waals surface area contributed by atoms with E-state index in [9.17, 15) is 8.42 Å². The number of aryl methyl sites for hydroxylation is 2. The van der Waals surface area contributed by atoms with E-state index in [1.807, 2.05) is 37.3 Å². The van der Waals surface area contributed by atoms with Gasteiger partial charge >= 0.3 is 0 Å². The highest BCUT2D eigenvalue weighted by Gasteiger charge is 2.26. The molecule has 3 aromatic rings. The van der Waals surface area contributed by atoms with Crippen molar-refractivity contribution < 1.29 is 8.42 Å². The van der Waals surface area contributed by atoms with Crippen molar-refractivity contribution in [2.24, 2.45) is 0 Å². The maximum atomic E-state index is 13.5. The van der Waals surface area contributed by atoms with E-state index in [1.54, 1.807) is 16.1 Å². The van der Waals surface area contributed by atoms with Crippen molar-refractivity contribution >= 4 is 20.9 Å². The molecule has 0 bridgehead atoms. The third kappa shape index (κ3) is 2.78. The van der Waals surface area contributed by atoms with Crippen molar-refractivity contribution in [3.05, 3.63) is 65.4 Å². The minimum atomic E-state index is -3.59. The molecule has 25 heavy (non-hydrogen) atoms. The predicted octanol–water partition coefficient (Wildman–Crippen LogP) is 4.85. The van der Waals surface area contributed by atoms with Gasteiger partial charge in [-0.25, -0.2) is 12.4 Å². The number of fused-ring (bicyclic) bond motifs is 3. The first-order valence-corrected chi connectivity index (χ1v) is 10.5. The van der Waals surface area contributed by atoms with Crippen LogP contribution < -0.4 is 0 Å². The van der Waals surface area contributed by atoms with E-state index in [0.29, 0.717) is 4.90 Å². The van der Waals surface area contributed by atoms with Gasteiger partial charge < -0.3 is 0 Å². The fraction of sp³-hybridized carbons (Fsp3) is 0.333. The molecular formula is C21H23NO2S. The third-order valence-electron chi connectivity index (χ3n) is 5.19. The monoisotopic (exact) mass is 353 g/mol. The number of rotatable bonds is 2. The Labute approximate surface area is 149 Å².